The molecule has 2 aromatic carbocycles. The molecule has 1 heterocycles. The summed E-state index contributed by atoms with van der Waals surface area (Å²) in [4.78, 5) is 323. The first-order valence-corrected chi connectivity index (χ1v) is 45.8. The SMILES string of the molecule is CSCC[C@H](NC(=O)[C@H](CC(C)C)NC(=O)[C@H](Cc1cn(P(=O)(O)O)c2ccccc12)NC(=O)[C@H](CCC(=O)NP(=O)(O)O)NC(=O)[C@@H](NC(=O)[C@H](Cc1ccccc1)NC(=O)[C@H](CC(=O)OP(=O)(O)O)NC(=O)[C@H](CCC(=O)NP(=O)(O)O)NC(=O)[C@H](C)N)C(C)C)C(=O)N[C@@H](CC(=O)NP(=O)(O)O)C(=O)N[C@H](C(=O)O)[C@@H](C)OP(=O)(O)O. The van der Waals surface area contributed by atoms with Gasteiger partial charge in [0.25, 0.3) is 0 Å². The second kappa shape index (κ2) is 46.3. The van der Waals surface area contributed by atoms with Crippen LogP contribution in [0.1, 0.15) is 104 Å². The lowest BCUT2D eigenvalue weighted by atomic mass is 9.99. The Morgan fingerprint density at radius 3 is 1.30 bits per heavy atom. The number of rotatable bonds is 49. The van der Waals surface area contributed by atoms with Crippen molar-refractivity contribution in [1.82, 2.24) is 72.8 Å². The third-order valence-electron chi connectivity index (χ3n) is 16.3. The number of phosphoric acid groups is 2. The maximum Gasteiger partial charge on any atom is 0.526 e. The summed E-state index contributed by atoms with van der Waals surface area (Å²) in [5, 5.41) is 35.7. The van der Waals surface area contributed by atoms with Gasteiger partial charge in [0.2, 0.25) is 76.8 Å². The molecule has 666 valence electrons. The van der Waals surface area contributed by atoms with Crippen LogP contribution in [0.15, 0.2) is 60.8 Å². The number of fused-ring (bicyclic) bond motifs is 1. The van der Waals surface area contributed by atoms with Crippen LogP contribution in [-0.2, 0) is 121 Å². The van der Waals surface area contributed by atoms with Crippen LogP contribution in [0.4, 0.5) is 0 Å². The van der Waals surface area contributed by atoms with E-state index in [1.807, 2.05) is 5.32 Å². The molecule has 0 spiro atoms. The van der Waals surface area contributed by atoms with Gasteiger partial charge in [-0.05, 0) is 80.6 Å². The second-order valence-corrected chi connectivity index (χ2v) is 35.9. The number of phosphoric ester groups is 2. The first-order chi connectivity index (χ1) is 54.7. The van der Waals surface area contributed by atoms with Gasteiger partial charge in [-0.2, -0.15) is 11.8 Å². The maximum absolute atomic E-state index is 15.2. The van der Waals surface area contributed by atoms with E-state index in [1.165, 1.54) is 104 Å². The number of carbonyl (C=O) groups is 15. The van der Waals surface area contributed by atoms with E-state index in [0.717, 1.165) is 31.8 Å². The van der Waals surface area contributed by atoms with Crippen molar-refractivity contribution >= 4 is 158 Å². The fourth-order valence-electron chi connectivity index (χ4n) is 10.9. The second-order valence-electron chi connectivity index (χ2n) is 27.1. The molecule has 0 bridgehead atoms. The van der Waals surface area contributed by atoms with Gasteiger partial charge in [0, 0.05) is 37.3 Å². The fourth-order valence-corrected chi connectivity index (χ4v) is 14.3. The standard InChI is InChI=1S/C61H95N15O36P6S/c1-29(2)23-39(55(85)64-38(21-22-119-7)54(84)69-42(26-47(79)75-115(99,100)101)59(89)72-50(61(91)92)32(6)111-117(105,106)107)66-56(86)41(25-34-28-76(116(102,103)104)44-16-12-11-15-35(34)44)68-53(83)37(18-20-46(78)74-114(96,97)98)65-60(90)49(30(3)4)71-58(88)40(24-33-13-9-8-10-14-33)67-57(87)43(27-48(80)112-118(108,109)110)70-52(82)36(63-51(81)31(5)62)17-19-45(77)73-113(93,94)95/h8-16,28-32,36-43,49-50H,17-27,62H2,1-7H3,(H,63,81)(H,64,85)(H,65,90)(H,66,86)(H,67,87)(H,68,83)(H,69,84)(H,70,82)(H,71,88)(H,72,89)(H,91,92)(H2,102,103,104)(H2,105,106,107)(H2,108,109,110)(H3,73,77,93,94,95)(H3,74,78,96,97,98)(H3,75,79,99,100,101)/t31-,32+,36-,37-,38-,39-,40-,41-,42-,43-,49-,50-/m0/s1. The molecule has 3 rings (SSSR count). The molecule has 51 nitrogen and oxygen atoms in total. The topological polar surface area (TPSA) is 827 Å². The number of carbonyl (C=O) groups excluding carboxylic acids is 14. The number of carboxylic acids is 1. The summed E-state index contributed by atoms with van der Waals surface area (Å²) in [6.45, 7) is 7.56. The molecule has 0 saturated carbocycles. The van der Waals surface area contributed by atoms with E-state index in [0.29, 0.717) is 4.34 Å². The Hall–Kier alpha value is -8.80. The third-order valence-corrected chi connectivity index (χ3v) is 20.5. The van der Waals surface area contributed by atoms with E-state index in [-0.39, 0.29) is 27.8 Å². The summed E-state index contributed by atoms with van der Waals surface area (Å²) in [7, 11) is -32.7. The highest BCUT2D eigenvalue weighted by atomic mass is 32.2. The molecular weight excluding hydrogens is 1740 g/mol. The van der Waals surface area contributed by atoms with Crippen LogP contribution in [0.25, 0.3) is 10.9 Å². The molecule has 3 aromatic rings. The molecule has 0 radical (unpaired) electrons. The van der Waals surface area contributed by atoms with Gasteiger partial charge >= 0.3 is 58.6 Å². The van der Waals surface area contributed by atoms with Gasteiger partial charge in [-0.1, -0.05) is 76.2 Å². The number of aromatic nitrogens is 1. The number of amides is 13. The minimum atomic E-state index is -5.74. The Morgan fingerprint density at radius 2 is 0.840 bits per heavy atom. The van der Waals surface area contributed by atoms with Crippen molar-refractivity contribution < 1.29 is 172 Å². The van der Waals surface area contributed by atoms with Gasteiger partial charge in [0.05, 0.1) is 30.5 Å². The van der Waals surface area contributed by atoms with Crippen molar-refractivity contribution in [1.29, 1.82) is 0 Å². The van der Waals surface area contributed by atoms with E-state index in [4.69, 9.17) is 5.73 Å². The van der Waals surface area contributed by atoms with Crippen LogP contribution >= 0.6 is 58.4 Å². The van der Waals surface area contributed by atoms with Gasteiger partial charge in [-0.15, -0.1) is 0 Å². The average Bonchev–Trinajstić information content (AvgIpc) is 1.63. The van der Waals surface area contributed by atoms with Crippen molar-refractivity contribution in [2.24, 2.45) is 17.6 Å². The molecule has 0 saturated heterocycles. The van der Waals surface area contributed by atoms with Crippen molar-refractivity contribution in [2.45, 2.75) is 178 Å². The van der Waals surface area contributed by atoms with Gasteiger partial charge in [0.1, 0.15) is 54.4 Å². The first kappa shape index (κ1) is 104. The molecule has 58 heteroatoms. The van der Waals surface area contributed by atoms with Crippen LogP contribution in [-0.4, -0.2) is 241 Å². The number of carboxylic acid groups (broad SMARTS) is 1. The molecule has 1 aromatic heterocycles. The normalized spacial score (nSPS) is 15.1. The number of aliphatic carboxylic acids is 1. The van der Waals surface area contributed by atoms with E-state index in [1.54, 1.807) is 5.32 Å². The highest BCUT2D eigenvalue weighted by Crippen LogP contribution is 2.43. The third kappa shape index (κ3) is 39.1. The van der Waals surface area contributed by atoms with Crippen molar-refractivity contribution in [2.75, 3.05) is 12.0 Å². The number of thioether (sulfide) groups is 1. The maximum atomic E-state index is 15.2. The number of para-hydroxylation sites is 1. The summed E-state index contributed by atoms with van der Waals surface area (Å²) < 4.78 is 80.5. The Kier molecular flexibility index (Phi) is 40.6. The zero-order valence-corrected chi connectivity index (χ0v) is 70.1. The zero-order valence-electron chi connectivity index (χ0n) is 64.0. The van der Waals surface area contributed by atoms with E-state index >= 15 is 9.59 Å². The predicted octanol–water partition coefficient (Wildman–Crippen LogP) is -5.80. The molecule has 0 unspecified atom stereocenters. The van der Waals surface area contributed by atoms with Gasteiger partial charge in [-0.25, -0.2) is 32.2 Å². The minimum Gasteiger partial charge on any atom is -0.480 e. The summed E-state index contributed by atoms with van der Waals surface area (Å²) in [6, 6.07) is -9.88. The fraction of sp³-hybridized carbons (Fsp3) is 0.525. The van der Waals surface area contributed by atoms with Crippen LogP contribution in [0.3, 0.4) is 0 Å². The van der Waals surface area contributed by atoms with Crippen molar-refractivity contribution in [3.05, 3.63) is 71.9 Å². The van der Waals surface area contributed by atoms with E-state index < -0.39 is 284 Å². The molecule has 0 fully saturated rings. The van der Waals surface area contributed by atoms with Crippen LogP contribution in [0.5, 0.6) is 0 Å². The van der Waals surface area contributed by atoms with Gasteiger partial charge in [0.15, 0.2) is 6.04 Å². The summed E-state index contributed by atoms with van der Waals surface area (Å²) in [5.74, 6) is -24.3. The monoisotopic (exact) mass is 1830 g/mol. The molecule has 13 amide bonds. The van der Waals surface area contributed by atoms with Crippen molar-refractivity contribution in [3.8, 4) is 0 Å². The minimum absolute atomic E-state index is 0.00812. The molecule has 0 aliphatic rings. The van der Waals surface area contributed by atoms with Gasteiger partial charge < -0.3 is 117 Å². The number of nitrogens with two attached hydrogens (primary N) is 1. The number of nitrogens with zero attached hydrogens (tertiary/aromatic N) is 1. The lowest BCUT2D eigenvalue weighted by molar-refractivity contribution is -0.145. The van der Waals surface area contributed by atoms with Crippen LogP contribution < -0.4 is 74.2 Å². The first-order valence-electron chi connectivity index (χ1n) is 35.0. The quantitative estimate of drug-likeness (QED) is 0.0234. The number of hydrogen-bond acceptors (Lipinski definition) is 25. The van der Waals surface area contributed by atoms with Crippen LogP contribution in [0, 0.1) is 11.8 Å². The predicted molar refractivity (Wildman–Crippen MR) is 410 cm³/mol. The zero-order chi connectivity index (χ0) is 90.8. The number of nitrogens with one attached hydrogen (secondary N) is 13. The van der Waals surface area contributed by atoms with Crippen molar-refractivity contribution in [3.63, 3.8) is 0 Å². The Bertz CT molecular complexity index is 4490. The number of benzene rings is 2. The Morgan fingerprint density at radius 1 is 0.445 bits per heavy atom. The highest BCUT2D eigenvalue weighted by molar-refractivity contribution is 7.98. The van der Waals surface area contributed by atoms with E-state index in [2.05, 4.69) is 51.6 Å². The average molecular weight is 1830 g/mol. The molecular formula is C61H95N15O36P6S. The molecule has 28 N–H and O–H groups in total. The molecule has 119 heavy (non-hydrogen) atoms. The van der Waals surface area contributed by atoms with E-state index in [9.17, 15) is 154 Å². The number of hydrogen-bond donors (Lipinski definition) is 27. The van der Waals surface area contributed by atoms with Crippen LogP contribution in [0.2, 0.25) is 0 Å². The van der Waals surface area contributed by atoms with Gasteiger partial charge in [-0.3, -0.25) is 101 Å². The molecule has 0 aliphatic carbocycles. The Labute approximate surface area is 680 Å². The highest BCUT2D eigenvalue weighted by Gasteiger charge is 2.41. The summed E-state index contributed by atoms with van der Waals surface area (Å²) in [5.41, 5.74) is 5.54. The lowest BCUT2D eigenvalue weighted by Crippen LogP contribution is -2.62. The lowest BCUT2D eigenvalue weighted by Gasteiger charge is -2.29. The molecule has 0 aliphatic heterocycles. The largest absolute Gasteiger partial charge is 0.526 e. The summed E-state index contributed by atoms with van der Waals surface area (Å²) >= 11 is 1.06. The Balaban J connectivity index is 2.26. The summed E-state index contributed by atoms with van der Waals surface area (Å²) in [6.07, 6.45) is -8.65. The smallest absolute Gasteiger partial charge is 0.480 e. The molecule has 12 atom stereocenters.